The van der Waals surface area contributed by atoms with Gasteiger partial charge in [-0.15, -0.1) is 12.4 Å². The fraction of sp³-hybridized carbons (Fsp3) is 0.875. The second kappa shape index (κ2) is 7.37. The molecule has 0 unspecified atom stereocenters. The first-order valence-electron chi connectivity index (χ1n) is 4.00. The van der Waals surface area contributed by atoms with Gasteiger partial charge < -0.3 is 10.6 Å². The molecule has 12 heavy (non-hydrogen) atoms. The minimum atomic E-state index is -0.0417. The maximum atomic E-state index is 11.1. The first-order chi connectivity index (χ1) is 5.11. The van der Waals surface area contributed by atoms with E-state index in [0.29, 0.717) is 5.92 Å². The molecular weight excluding hydrogens is 176 g/mol. The largest absolute Gasteiger partial charge is 0.358 e. The highest BCUT2D eigenvalue weighted by atomic mass is 35.5. The zero-order chi connectivity index (χ0) is 8.85. The zero-order valence-corrected chi connectivity index (χ0v) is 8.99. The van der Waals surface area contributed by atoms with Crippen molar-refractivity contribution in [3.8, 4) is 0 Å². The Labute approximate surface area is 80.7 Å². The zero-order valence-electron chi connectivity index (χ0n) is 8.18. The summed E-state index contributed by atoms with van der Waals surface area (Å²) < 4.78 is 0. The number of hydrogen-bond acceptors (Lipinski definition) is 2. The Morgan fingerprint density at radius 1 is 1.33 bits per heavy atom. The maximum Gasteiger partial charge on any atom is 0.236 e. The topological polar surface area (TPSA) is 41.1 Å². The molecule has 0 aromatic rings. The summed E-state index contributed by atoms with van der Waals surface area (Å²) in [6.07, 6.45) is 0.885. The van der Waals surface area contributed by atoms with Gasteiger partial charge in [0, 0.05) is 7.05 Å². The molecule has 4 heteroatoms. The molecule has 0 aliphatic carbocycles. The van der Waals surface area contributed by atoms with Crippen molar-refractivity contribution in [3.05, 3.63) is 0 Å². The van der Waals surface area contributed by atoms with E-state index in [1.54, 1.807) is 7.05 Å². The third kappa shape index (κ3) is 5.38. The van der Waals surface area contributed by atoms with Crippen LogP contribution >= 0.6 is 12.4 Å². The molecule has 0 bridgehead atoms. The third-order valence-corrected chi connectivity index (χ3v) is 1.62. The minimum absolute atomic E-state index is 0. The summed E-state index contributed by atoms with van der Waals surface area (Å²) in [4.78, 5) is 11.1. The molecule has 1 atom stereocenters. The van der Waals surface area contributed by atoms with E-state index >= 15 is 0 Å². The van der Waals surface area contributed by atoms with Crippen LogP contribution < -0.4 is 10.6 Å². The van der Waals surface area contributed by atoms with E-state index in [2.05, 4.69) is 24.5 Å². The predicted octanol–water partition coefficient (Wildman–Crippen LogP) is 0.788. The second-order valence-corrected chi connectivity index (χ2v) is 3.09. The number of hydrogen-bond donors (Lipinski definition) is 2. The van der Waals surface area contributed by atoms with E-state index in [1.807, 2.05) is 7.05 Å². The fourth-order valence-electron chi connectivity index (χ4n) is 1.00. The number of amides is 1. The molecule has 0 aromatic carbocycles. The van der Waals surface area contributed by atoms with Gasteiger partial charge in [-0.25, -0.2) is 0 Å². The number of halogens is 1. The van der Waals surface area contributed by atoms with Gasteiger partial charge in [-0.2, -0.15) is 0 Å². The summed E-state index contributed by atoms with van der Waals surface area (Å²) in [5, 5.41) is 5.59. The molecule has 0 spiro atoms. The minimum Gasteiger partial charge on any atom is -0.358 e. The van der Waals surface area contributed by atoms with Crippen LogP contribution in [0.5, 0.6) is 0 Å². The Kier molecular flexibility index (Phi) is 8.76. The molecule has 0 heterocycles. The van der Waals surface area contributed by atoms with Crippen molar-refractivity contribution in [2.45, 2.75) is 26.3 Å². The van der Waals surface area contributed by atoms with Crippen LogP contribution in [-0.2, 0) is 4.79 Å². The molecule has 74 valence electrons. The molecule has 0 aliphatic rings. The first-order valence-corrected chi connectivity index (χ1v) is 4.00. The number of carbonyl (C=O) groups is 1. The molecule has 3 nitrogen and oxygen atoms in total. The molecular formula is C8H19ClN2O. The summed E-state index contributed by atoms with van der Waals surface area (Å²) in [7, 11) is 3.47. The number of likely N-dealkylation sites (N-methyl/N-ethyl adjacent to an activating group) is 2. The lowest BCUT2D eigenvalue weighted by Crippen LogP contribution is -2.41. The van der Waals surface area contributed by atoms with Crippen LogP contribution in [0, 0.1) is 5.92 Å². The average Bonchev–Trinajstić information content (AvgIpc) is 1.98. The monoisotopic (exact) mass is 194 g/mol. The number of nitrogens with one attached hydrogen (secondary N) is 2. The first kappa shape index (κ1) is 14.3. The van der Waals surface area contributed by atoms with E-state index < -0.39 is 0 Å². The summed E-state index contributed by atoms with van der Waals surface area (Å²) in [6.45, 7) is 4.21. The van der Waals surface area contributed by atoms with Crippen LogP contribution in [0.1, 0.15) is 20.3 Å². The lowest BCUT2D eigenvalue weighted by molar-refractivity contribution is -0.122. The smallest absolute Gasteiger partial charge is 0.236 e. The van der Waals surface area contributed by atoms with Gasteiger partial charge in [-0.05, 0) is 19.4 Å². The van der Waals surface area contributed by atoms with Gasteiger partial charge in [0.25, 0.3) is 0 Å². The van der Waals surface area contributed by atoms with Crippen molar-refractivity contribution in [1.82, 2.24) is 10.6 Å². The van der Waals surface area contributed by atoms with Crippen LogP contribution in [0.2, 0.25) is 0 Å². The van der Waals surface area contributed by atoms with Crippen LogP contribution in [-0.4, -0.2) is 26.0 Å². The molecule has 0 fully saturated rings. The van der Waals surface area contributed by atoms with Gasteiger partial charge >= 0.3 is 0 Å². The summed E-state index contributed by atoms with van der Waals surface area (Å²) in [6, 6.07) is -0.0417. The number of rotatable bonds is 4. The van der Waals surface area contributed by atoms with Crippen LogP contribution in [0.15, 0.2) is 0 Å². The van der Waals surface area contributed by atoms with Crippen LogP contribution in [0.4, 0.5) is 0 Å². The van der Waals surface area contributed by atoms with Crippen molar-refractivity contribution in [2.24, 2.45) is 5.92 Å². The van der Waals surface area contributed by atoms with Crippen molar-refractivity contribution >= 4 is 18.3 Å². The van der Waals surface area contributed by atoms with E-state index in [9.17, 15) is 4.79 Å². The maximum absolute atomic E-state index is 11.1. The van der Waals surface area contributed by atoms with Gasteiger partial charge in [-0.1, -0.05) is 13.8 Å². The van der Waals surface area contributed by atoms with Gasteiger partial charge in [-0.3, -0.25) is 4.79 Å². The van der Waals surface area contributed by atoms with Crippen molar-refractivity contribution < 1.29 is 4.79 Å². The predicted molar refractivity (Wildman–Crippen MR) is 53.6 cm³/mol. The molecule has 0 radical (unpaired) electrons. The van der Waals surface area contributed by atoms with Crippen molar-refractivity contribution in [1.29, 1.82) is 0 Å². The summed E-state index contributed by atoms with van der Waals surface area (Å²) >= 11 is 0. The van der Waals surface area contributed by atoms with Crippen LogP contribution in [0.3, 0.4) is 0 Å². The molecule has 1 amide bonds. The van der Waals surface area contributed by atoms with Crippen molar-refractivity contribution in [3.63, 3.8) is 0 Å². The molecule has 2 N–H and O–H groups in total. The van der Waals surface area contributed by atoms with Crippen LogP contribution in [0.25, 0.3) is 0 Å². The SMILES string of the molecule is CNC(=O)[C@H](CC(C)C)NC.Cl. The Balaban J connectivity index is 0. The molecule has 0 aliphatic heterocycles. The average molecular weight is 195 g/mol. The van der Waals surface area contributed by atoms with Gasteiger partial charge in [0.15, 0.2) is 0 Å². The van der Waals surface area contributed by atoms with E-state index in [4.69, 9.17) is 0 Å². The lowest BCUT2D eigenvalue weighted by Gasteiger charge is -2.15. The lowest BCUT2D eigenvalue weighted by atomic mass is 10.0. The Morgan fingerprint density at radius 2 is 1.83 bits per heavy atom. The second-order valence-electron chi connectivity index (χ2n) is 3.09. The van der Waals surface area contributed by atoms with E-state index in [1.165, 1.54) is 0 Å². The Bertz CT molecular complexity index is 128. The highest BCUT2D eigenvalue weighted by Crippen LogP contribution is 2.03. The quantitative estimate of drug-likeness (QED) is 0.695. The summed E-state index contributed by atoms with van der Waals surface area (Å²) in [5.74, 6) is 0.617. The van der Waals surface area contributed by atoms with E-state index in [-0.39, 0.29) is 24.4 Å². The molecule has 0 rings (SSSR count). The van der Waals surface area contributed by atoms with Gasteiger partial charge in [0.05, 0.1) is 6.04 Å². The summed E-state index contributed by atoms with van der Waals surface area (Å²) in [5.41, 5.74) is 0. The normalized spacial score (nSPS) is 12.1. The van der Waals surface area contributed by atoms with Gasteiger partial charge in [0.2, 0.25) is 5.91 Å². The van der Waals surface area contributed by atoms with E-state index in [0.717, 1.165) is 6.42 Å². The van der Waals surface area contributed by atoms with Crippen molar-refractivity contribution in [2.75, 3.05) is 14.1 Å². The Morgan fingerprint density at radius 3 is 2.08 bits per heavy atom. The Hall–Kier alpha value is -0.280. The molecule has 0 aromatic heterocycles. The highest BCUT2D eigenvalue weighted by molar-refractivity contribution is 5.85. The number of carbonyl (C=O) groups excluding carboxylic acids is 1. The highest BCUT2D eigenvalue weighted by Gasteiger charge is 2.15. The fourth-order valence-corrected chi connectivity index (χ4v) is 1.00. The third-order valence-electron chi connectivity index (χ3n) is 1.62. The molecule has 0 saturated heterocycles. The molecule has 0 saturated carbocycles. The van der Waals surface area contributed by atoms with Gasteiger partial charge in [0.1, 0.15) is 0 Å². The standard InChI is InChI=1S/C8H18N2O.ClH/c1-6(2)5-7(9-3)8(11)10-4;/h6-7,9H,5H2,1-4H3,(H,10,11);1H/t7-;/m0./s1.